The maximum Gasteiger partial charge on any atom is 0.0757 e. The van der Waals surface area contributed by atoms with Gasteiger partial charge >= 0.3 is 0 Å². The van der Waals surface area contributed by atoms with Gasteiger partial charge in [0, 0.05) is 0 Å². The molecule has 9 atom stereocenters. The van der Waals surface area contributed by atoms with Gasteiger partial charge < -0.3 is 10.2 Å². The third kappa shape index (κ3) is 3.88. The number of hydrogen-bond donors (Lipinski definition) is 2. The summed E-state index contributed by atoms with van der Waals surface area (Å²) in [5.41, 5.74) is 3.56. The van der Waals surface area contributed by atoms with Gasteiger partial charge in [-0.3, -0.25) is 0 Å². The van der Waals surface area contributed by atoms with Gasteiger partial charge in [-0.05, 0) is 111 Å². The van der Waals surface area contributed by atoms with Crippen LogP contribution in [-0.2, 0) is 0 Å². The van der Waals surface area contributed by atoms with Crippen molar-refractivity contribution < 1.29 is 10.2 Å². The second kappa shape index (κ2) is 8.64. The Bertz CT molecular complexity index is 720. The van der Waals surface area contributed by atoms with Crippen LogP contribution in [0.15, 0.2) is 23.3 Å². The summed E-state index contributed by atoms with van der Waals surface area (Å²) < 4.78 is 0. The summed E-state index contributed by atoms with van der Waals surface area (Å²) >= 11 is 0. The smallest absolute Gasteiger partial charge is 0.0757 e. The lowest BCUT2D eigenvalue weighted by atomic mass is 9.46. The molecule has 3 saturated carbocycles. The minimum absolute atomic E-state index is 0.201. The van der Waals surface area contributed by atoms with Crippen molar-refractivity contribution in [3.8, 4) is 0 Å². The van der Waals surface area contributed by atoms with Crippen molar-refractivity contribution in [3.05, 3.63) is 23.3 Å². The van der Waals surface area contributed by atoms with Gasteiger partial charge in [-0.15, -0.1) is 0 Å². The van der Waals surface area contributed by atoms with Crippen molar-refractivity contribution in [2.75, 3.05) is 0 Å². The molecule has 176 valence electrons. The first kappa shape index (κ1) is 23.6. The topological polar surface area (TPSA) is 40.5 Å². The summed E-state index contributed by atoms with van der Waals surface area (Å²) in [7, 11) is 0. The first-order chi connectivity index (χ1) is 14.6. The molecule has 0 radical (unpaired) electrons. The average molecular weight is 429 g/mol. The standard InChI is InChI=1S/C29H48O2/c1-7-20(18(2)3)9-8-19(4)23-10-11-24-27-25(13-15-29(23,24)6)28(5)14-12-22(30)16-21(28)17-26(27)31/h7,17-19,22-27,30-31H,8-16H2,1-6H3/t19-,22+,23-,24+,25+,26+,27+,28+,29-/m1/s1. The highest BCUT2D eigenvalue weighted by atomic mass is 16.3. The molecule has 0 aliphatic heterocycles. The molecule has 3 fully saturated rings. The van der Waals surface area contributed by atoms with E-state index in [-0.39, 0.29) is 17.6 Å². The first-order valence-electron chi connectivity index (χ1n) is 13.3. The molecule has 2 heteroatoms. The molecule has 4 aliphatic rings. The molecular weight excluding hydrogens is 380 g/mol. The Morgan fingerprint density at radius 1 is 1.06 bits per heavy atom. The molecule has 0 aromatic rings. The van der Waals surface area contributed by atoms with Gasteiger partial charge in [-0.2, -0.15) is 0 Å². The number of fused-ring (bicyclic) bond motifs is 5. The van der Waals surface area contributed by atoms with Crippen LogP contribution in [0.25, 0.3) is 0 Å². The summed E-state index contributed by atoms with van der Waals surface area (Å²) in [6.45, 7) is 14.4. The van der Waals surface area contributed by atoms with E-state index in [9.17, 15) is 10.2 Å². The van der Waals surface area contributed by atoms with Crippen LogP contribution in [0.2, 0.25) is 0 Å². The monoisotopic (exact) mass is 428 g/mol. The fourth-order valence-electron chi connectivity index (χ4n) is 8.97. The Morgan fingerprint density at radius 3 is 2.48 bits per heavy atom. The minimum Gasteiger partial charge on any atom is -0.393 e. The van der Waals surface area contributed by atoms with Crippen LogP contribution in [-0.4, -0.2) is 22.4 Å². The van der Waals surface area contributed by atoms with Crippen molar-refractivity contribution in [1.82, 2.24) is 0 Å². The van der Waals surface area contributed by atoms with Crippen LogP contribution in [0, 0.1) is 46.3 Å². The Balaban J connectivity index is 1.53. The maximum absolute atomic E-state index is 11.3. The van der Waals surface area contributed by atoms with Crippen LogP contribution < -0.4 is 0 Å². The Labute approximate surface area is 191 Å². The van der Waals surface area contributed by atoms with Gasteiger partial charge in [-0.25, -0.2) is 0 Å². The molecule has 2 N–H and O–H groups in total. The summed E-state index contributed by atoms with van der Waals surface area (Å²) in [6.07, 6.45) is 14.6. The molecule has 0 unspecified atom stereocenters. The molecule has 0 heterocycles. The highest BCUT2D eigenvalue weighted by Gasteiger charge is 2.61. The highest BCUT2D eigenvalue weighted by Crippen LogP contribution is 2.67. The van der Waals surface area contributed by atoms with E-state index in [1.165, 1.54) is 44.1 Å². The van der Waals surface area contributed by atoms with Crippen molar-refractivity contribution in [3.63, 3.8) is 0 Å². The zero-order valence-electron chi connectivity index (χ0n) is 21.0. The minimum atomic E-state index is -0.312. The molecule has 2 nitrogen and oxygen atoms in total. The van der Waals surface area contributed by atoms with Gasteiger partial charge in [0.1, 0.15) is 0 Å². The van der Waals surface area contributed by atoms with E-state index in [1.807, 2.05) is 0 Å². The summed E-state index contributed by atoms with van der Waals surface area (Å²) in [5, 5.41) is 21.6. The van der Waals surface area contributed by atoms with Gasteiger partial charge in [-0.1, -0.05) is 57.9 Å². The van der Waals surface area contributed by atoms with E-state index in [0.29, 0.717) is 29.1 Å². The van der Waals surface area contributed by atoms with Crippen molar-refractivity contribution in [1.29, 1.82) is 0 Å². The van der Waals surface area contributed by atoms with Crippen LogP contribution in [0.1, 0.15) is 99.3 Å². The van der Waals surface area contributed by atoms with E-state index in [0.717, 1.165) is 31.1 Å². The third-order valence-corrected chi connectivity index (χ3v) is 10.9. The number of aliphatic hydroxyl groups is 2. The lowest BCUT2D eigenvalue weighted by molar-refractivity contribution is -0.0970. The lowest BCUT2D eigenvalue weighted by Crippen LogP contribution is -2.54. The van der Waals surface area contributed by atoms with Crippen LogP contribution in [0.4, 0.5) is 0 Å². The fraction of sp³-hybridized carbons (Fsp3) is 0.862. The predicted molar refractivity (Wildman–Crippen MR) is 130 cm³/mol. The zero-order chi connectivity index (χ0) is 22.6. The van der Waals surface area contributed by atoms with Crippen molar-refractivity contribution >= 4 is 0 Å². The number of rotatable bonds is 5. The summed E-state index contributed by atoms with van der Waals surface area (Å²) in [6, 6.07) is 0. The van der Waals surface area contributed by atoms with Crippen LogP contribution in [0.5, 0.6) is 0 Å². The molecule has 4 aliphatic carbocycles. The maximum atomic E-state index is 11.3. The molecule has 0 saturated heterocycles. The quantitative estimate of drug-likeness (QED) is 0.467. The number of allylic oxidation sites excluding steroid dienone is 2. The predicted octanol–water partition coefficient (Wildman–Crippen LogP) is 6.92. The lowest BCUT2D eigenvalue weighted by Gasteiger charge is -2.59. The van der Waals surface area contributed by atoms with E-state index < -0.39 is 0 Å². The van der Waals surface area contributed by atoms with Crippen molar-refractivity contribution in [2.45, 2.75) is 112 Å². The molecule has 0 aromatic heterocycles. The zero-order valence-corrected chi connectivity index (χ0v) is 21.0. The van der Waals surface area contributed by atoms with Crippen LogP contribution >= 0.6 is 0 Å². The Kier molecular flexibility index (Phi) is 6.56. The van der Waals surface area contributed by atoms with Crippen LogP contribution in [0.3, 0.4) is 0 Å². The SMILES string of the molecule is CC=C(CC[C@@H](C)[C@H]1CC[C@H]2[C@@H]3[C@@H](O)C=C4C[C@@H](O)CC[C@]4(C)[C@H]3CC[C@]12C)C(C)C. The van der Waals surface area contributed by atoms with Gasteiger partial charge in [0.2, 0.25) is 0 Å². The molecule has 4 rings (SSSR count). The van der Waals surface area contributed by atoms with Crippen molar-refractivity contribution in [2.24, 2.45) is 46.3 Å². The molecule has 0 bridgehead atoms. The second-order valence-corrected chi connectivity index (χ2v) is 12.5. The molecule has 0 amide bonds. The average Bonchev–Trinajstić information content (AvgIpc) is 3.06. The largest absolute Gasteiger partial charge is 0.393 e. The normalized spacial score (nSPS) is 46.2. The summed E-state index contributed by atoms with van der Waals surface area (Å²) in [4.78, 5) is 0. The summed E-state index contributed by atoms with van der Waals surface area (Å²) in [5.74, 6) is 3.88. The second-order valence-electron chi connectivity index (χ2n) is 12.5. The van der Waals surface area contributed by atoms with E-state index >= 15 is 0 Å². The van der Waals surface area contributed by atoms with Gasteiger partial charge in [0.05, 0.1) is 12.2 Å². The number of hydrogen-bond acceptors (Lipinski definition) is 2. The van der Waals surface area contributed by atoms with E-state index in [4.69, 9.17) is 0 Å². The molecule has 0 aromatic carbocycles. The number of aliphatic hydroxyl groups excluding tert-OH is 2. The molecule has 31 heavy (non-hydrogen) atoms. The Hall–Kier alpha value is -0.600. The van der Waals surface area contributed by atoms with Gasteiger partial charge in [0.15, 0.2) is 0 Å². The van der Waals surface area contributed by atoms with E-state index in [2.05, 4.69) is 53.7 Å². The molecule has 0 spiro atoms. The third-order valence-electron chi connectivity index (χ3n) is 10.9. The molecular formula is C29H48O2. The fourth-order valence-corrected chi connectivity index (χ4v) is 8.97. The first-order valence-corrected chi connectivity index (χ1v) is 13.3. The highest BCUT2D eigenvalue weighted by molar-refractivity contribution is 5.28. The van der Waals surface area contributed by atoms with Gasteiger partial charge in [0.25, 0.3) is 0 Å². The Morgan fingerprint density at radius 2 is 1.81 bits per heavy atom. The van der Waals surface area contributed by atoms with E-state index in [1.54, 1.807) is 5.57 Å².